The van der Waals surface area contributed by atoms with E-state index in [4.69, 9.17) is 4.74 Å². The predicted molar refractivity (Wildman–Crippen MR) is 91.6 cm³/mol. The van der Waals surface area contributed by atoms with E-state index in [2.05, 4.69) is 30.3 Å². The summed E-state index contributed by atoms with van der Waals surface area (Å²) >= 11 is 0. The molecule has 2 aliphatic rings. The number of aromatic nitrogens is 7. The van der Waals surface area contributed by atoms with E-state index in [9.17, 15) is 4.79 Å². The number of aromatic amines is 1. The molecular formula is C16H18N8O2. The third-order valence-corrected chi connectivity index (χ3v) is 5.25. The van der Waals surface area contributed by atoms with Crippen LogP contribution in [0.2, 0.25) is 0 Å². The molecule has 26 heavy (non-hydrogen) atoms. The predicted octanol–water partition coefficient (Wildman–Crippen LogP) is 0.153. The number of piperidine rings is 1. The molecule has 0 saturated carbocycles. The number of nitrogens with zero attached hydrogens (tertiary/aromatic N) is 7. The first-order valence-electron chi connectivity index (χ1n) is 8.56. The Morgan fingerprint density at radius 1 is 1.15 bits per heavy atom. The highest BCUT2D eigenvalue weighted by atomic mass is 16.5. The molecule has 0 bridgehead atoms. The van der Waals surface area contributed by atoms with Crippen LogP contribution in [0.15, 0.2) is 35.8 Å². The summed E-state index contributed by atoms with van der Waals surface area (Å²) in [7, 11) is 0. The van der Waals surface area contributed by atoms with Gasteiger partial charge < -0.3 is 9.64 Å². The number of rotatable bonds is 3. The number of hydrogen-bond donors (Lipinski definition) is 1. The number of hydrogen-bond acceptors (Lipinski definition) is 7. The maximum Gasteiger partial charge on any atom is 0.298 e. The van der Waals surface area contributed by atoms with Crippen molar-refractivity contribution < 1.29 is 4.74 Å². The Kier molecular flexibility index (Phi) is 3.38. The lowest BCUT2D eigenvalue weighted by Gasteiger charge is -2.47. The molecule has 134 valence electrons. The number of anilines is 1. The maximum atomic E-state index is 12.6. The fraction of sp³-hybridized carbons (Fsp3) is 0.438. The van der Waals surface area contributed by atoms with Crippen molar-refractivity contribution in [2.24, 2.45) is 5.41 Å². The molecular weight excluding hydrogens is 336 g/mol. The summed E-state index contributed by atoms with van der Waals surface area (Å²) < 4.78 is 8.18. The Morgan fingerprint density at radius 2 is 1.96 bits per heavy atom. The van der Waals surface area contributed by atoms with Crippen LogP contribution in [0.1, 0.15) is 12.8 Å². The van der Waals surface area contributed by atoms with Crippen molar-refractivity contribution in [3.8, 4) is 11.5 Å². The summed E-state index contributed by atoms with van der Waals surface area (Å²) in [6.45, 7) is 3.62. The van der Waals surface area contributed by atoms with E-state index in [1.54, 1.807) is 12.4 Å². The van der Waals surface area contributed by atoms with E-state index < -0.39 is 0 Å². The Hall–Kier alpha value is -3.01. The van der Waals surface area contributed by atoms with Crippen LogP contribution in [-0.2, 0) is 4.74 Å². The lowest BCUT2D eigenvalue weighted by Crippen LogP contribution is -2.51. The molecule has 0 unspecified atom stereocenters. The van der Waals surface area contributed by atoms with Gasteiger partial charge in [0.25, 0.3) is 5.56 Å². The number of ether oxygens (including phenoxy) is 1. The minimum Gasteiger partial charge on any atom is -0.380 e. The zero-order valence-electron chi connectivity index (χ0n) is 14.1. The summed E-state index contributed by atoms with van der Waals surface area (Å²) in [5, 5.41) is 10.5. The molecule has 1 spiro atoms. The first-order valence-corrected chi connectivity index (χ1v) is 8.56. The van der Waals surface area contributed by atoms with E-state index in [1.807, 2.05) is 6.07 Å². The van der Waals surface area contributed by atoms with Gasteiger partial charge in [-0.25, -0.2) is 14.6 Å². The second-order valence-corrected chi connectivity index (χ2v) is 6.86. The van der Waals surface area contributed by atoms with E-state index in [1.165, 1.54) is 21.9 Å². The van der Waals surface area contributed by atoms with E-state index in [0.717, 1.165) is 45.0 Å². The van der Waals surface area contributed by atoms with Gasteiger partial charge in [-0.2, -0.15) is 4.68 Å². The molecule has 10 nitrogen and oxygen atoms in total. The molecule has 5 heterocycles. The topological polar surface area (TPSA) is 107 Å². The SMILES string of the molecule is O=c1c(-n2ccnn2)c[nH]n1-c1cc(N2CCC3(CC2)COC3)ncn1. The largest absolute Gasteiger partial charge is 0.380 e. The molecule has 0 aliphatic carbocycles. The van der Waals surface area contributed by atoms with Crippen molar-refractivity contribution in [1.29, 1.82) is 0 Å². The highest BCUT2D eigenvalue weighted by Crippen LogP contribution is 2.39. The monoisotopic (exact) mass is 354 g/mol. The number of nitrogens with one attached hydrogen (secondary N) is 1. The normalized spacial score (nSPS) is 18.8. The first kappa shape index (κ1) is 15.3. The van der Waals surface area contributed by atoms with Crippen molar-refractivity contribution in [2.45, 2.75) is 12.8 Å². The van der Waals surface area contributed by atoms with E-state index in [0.29, 0.717) is 16.9 Å². The summed E-state index contributed by atoms with van der Waals surface area (Å²) in [6, 6.07) is 1.83. The van der Waals surface area contributed by atoms with Crippen molar-refractivity contribution >= 4 is 5.82 Å². The average molecular weight is 354 g/mol. The average Bonchev–Trinajstić information content (AvgIpc) is 3.30. The third-order valence-electron chi connectivity index (χ3n) is 5.25. The van der Waals surface area contributed by atoms with Gasteiger partial charge in [-0.15, -0.1) is 5.10 Å². The molecule has 0 radical (unpaired) electrons. The van der Waals surface area contributed by atoms with Gasteiger partial charge in [0, 0.05) is 24.6 Å². The zero-order chi connectivity index (χ0) is 17.6. The molecule has 0 aromatic carbocycles. The molecule has 2 aliphatic heterocycles. The van der Waals surface area contributed by atoms with Gasteiger partial charge >= 0.3 is 0 Å². The van der Waals surface area contributed by atoms with Crippen LogP contribution in [0.4, 0.5) is 5.82 Å². The van der Waals surface area contributed by atoms with Crippen molar-refractivity contribution in [3.05, 3.63) is 41.3 Å². The molecule has 1 N–H and O–H groups in total. The molecule has 2 fully saturated rings. The van der Waals surface area contributed by atoms with Gasteiger partial charge in [0.05, 0.1) is 31.8 Å². The Bertz CT molecular complexity index is 962. The summed E-state index contributed by atoms with van der Waals surface area (Å²) in [5.41, 5.74) is 0.507. The molecule has 0 atom stereocenters. The van der Waals surface area contributed by atoms with Gasteiger partial charge in [0.15, 0.2) is 11.5 Å². The molecule has 5 rings (SSSR count). The van der Waals surface area contributed by atoms with Crippen LogP contribution in [0.5, 0.6) is 0 Å². The Balaban J connectivity index is 1.41. The summed E-state index contributed by atoms with van der Waals surface area (Å²) in [5.74, 6) is 1.33. The van der Waals surface area contributed by atoms with E-state index >= 15 is 0 Å². The summed E-state index contributed by atoms with van der Waals surface area (Å²) in [4.78, 5) is 23.5. The lowest BCUT2D eigenvalue weighted by atomic mass is 9.77. The van der Waals surface area contributed by atoms with E-state index in [-0.39, 0.29) is 5.56 Å². The van der Waals surface area contributed by atoms with Crippen LogP contribution < -0.4 is 10.5 Å². The highest BCUT2D eigenvalue weighted by molar-refractivity contribution is 5.44. The third kappa shape index (κ3) is 2.41. The smallest absolute Gasteiger partial charge is 0.298 e. The standard InChI is InChI=1S/C16H18N8O2/c25-15-12(23-6-3-19-21-23)8-20-24(15)14-7-13(17-11-18-14)22-4-1-16(2-5-22)9-26-10-16/h3,6-8,11,20H,1-2,4-5,9-10H2. The van der Waals surface area contributed by atoms with Crippen LogP contribution in [0, 0.1) is 5.41 Å². The van der Waals surface area contributed by atoms with Crippen LogP contribution in [0.3, 0.4) is 0 Å². The van der Waals surface area contributed by atoms with Gasteiger partial charge in [-0.3, -0.25) is 9.89 Å². The zero-order valence-corrected chi connectivity index (χ0v) is 14.1. The van der Waals surface area contributed by atoms with Crippen molar-refractivity contribution in [3.63, 3.8) is 0 Å². The van der Waals surface area contributed by atoms with Gasteiger partial charge in [-0.1, -0.05) is 5.21 Å². The molecule has 3 aromatic rings. The lowest BCUT2D eigenvalue weighted by molar-refractivity contribution is -0.124. The summed E-state index contributed by atoms with van der Waals surface area (Å²) in [6.07, 6.45) is 8.42. The van der Waals surface area contributed by atoms with Crippen LogP contribution in [0.25, 0.3) is 11.5 Å². The van der Waals surface area contributed by atoms with Gasteiger partial charge in [0.2, 0.25) is 0 Å². The van der Waals surface area contributed by atoms with Crippen molar-refractivity contribution in [1.82, 2.24) is 34.7 Å². The maximum absolute atomic E-state index is 12.6. The fourth-order valence-corrected chi connectivity index (χ4v) is 3.55. The molecule has 0 amide bonds. The van der Waals surface area contributed by atoms with Crippen LogP contribution >= 0.6 is 0 Å². The van der Waals surface area contributed by atoms with Gasteiger partial charge in [0.1, 0.15) is 12.1 Å². The second kappa shape index (κ2) is 5.77. The quantitative estimate of drug-likeness (QED) is 0.713. The second-order valence-electron chi connectivity index (χ2n) is 6.86. The van der Waals surface area contributed by atoms with Crippen molar-refractivity contribution in [2.75, 3.05) is 31.2 Å². The molecule has 10 heteroatoms. The minimum atomic E-state index is -0.246. The fourth-order valence-electron chi connectivity index (χ4n) is 3.55. The molecule has 2 saturated heterocycles. The van der Waals surface area contributed by atoms with Gasteiger partial charge in [-0.05, 0) is 12.8 Å². The number of H-pyrrole nitrogens is 1. The first-order chi connectivity index (χ1) is 12.7. The highest BCUT2D eigenvalue weighted by Gasteiger charge is 2.41. The Morgan fingerprint density at radius 3 is 2.65 bits per heavy atom. The minimum absolute atomic E-state index is 0.246. The molecule has 3 aromatic heterocycles. The Labute approximate surface area is 148 Å². The van der Waals surface area contributed by atoms with Crippen LogP contribution in [-0.4, -0.2) is 61.0 Å².